The molecule has 0 aromatic heterocycles. The second kappa shape index (κ2) is 7.39. The Hall–Kier alpha value is -3.15. The van der Waals surface area contributed by atoms with Crippen LogP contribution in [0.15, 0.2) is 65.1 Å². The molecule has 26 heavy (non-hydrogen) atoms. The first-order valence-corrected chi connectivity index (χ1v) is 8.18. The van der Waals surface area contributed by atoms with Crippen LogP contribution in [0.1, 0.15) is 13.8 Å². The molecule has 0 unspecified atom stereocenters. The summed E-state index contributed by atoms with van der Waals surface area (Å²) in [6, 6.07) is 8.93. The number of benzene rings is 1. The minimum atomic E-state index is -1.12. The molecule has 2 heterocycles. The summed E-state index contributed by atoms with van der Waals surface area (Å²) < 4.78 is 5.55. The number of amides is 3. The second-order valence-corrected chi connectivity index (χ2v) is 6.31. The summed E-state index contributed by atoms with van der Waals surface area (Å²) in [6.45, 7) is 3.55. The Morgan fingerprint density at radius 2 is 2.04 bits per heavy atom. The van der Waals surface area contributed by atoms with Gasteiger partial charge in [0.2, 0.25) is 5.91 Å². The first-order valence-electron chi connectivity index (χ1n) is 8.18. The van der Waals surface area contributed by atoms with E-state index in [0.29, 0.717) is 11.4 Å². The number of aliphatic imine (C=N–C) groups is 1. The monoisotopic (exact) mass is 352 g/mol. The first kappa shape index (κ1) is 17.7. The van der Waals surface area contributed by atoms with Crippen molar-refractivity contribution in [3.63, 3.8) is 0 Å². The van der Waals surface area contributed by atoms with Crippen LogP contribution < -0.4 is 10.2 Å². The van der Waals surface area contributed by atoms with Gasteiger partial charge in [0.05, 0.1) is 18.1 Å². The van der Waals surface area contributed by atoms with Crippen molar-refractivity contribution in [1.29, 1.82) is 0 Å². The van der Waals surface area contributed by atoms with Gasteiger partial charge in [0.15, 0.2) is 0 Å². The van der Waals surface area contributed by atoms with Crippen LogP contribution in [0.3, 0.4) is 0 Å². The van der Waals surface area contributed by atoms with Gasteiger partial charge in [-0.05, 0) is 38.1 Å². The quantitative estimate of drug-likeness (QED) is 0.846. The summed E-state index contributed by atoms with van der Waals surface area (Å²) in [5.41, 5.74) is 2.93. The highest BCUT2D eigenvalue weighted by Crippen LogP contribution is 2.24. The van der Waals surface area contributed by atoms with E-state index in [1.54, 1.807) is 26.0 Å². The first-order chi connectivity index (χ1) is 12.5. The number of para-hydroxylation sites is 1. The van der Waals surface area contributed by atoms with E-state index >= 15 is 0 Å². The van der Waals surface area contributed by atoms with Crippen LogP contribution in [-0.4, -0.2) is 42.1 Å². The number of nitrogens with zero attached hydrogens (tertiary/aromatic N) is 3. The molecule has 1 N–H and O–H groups in total. The molecule has 0 radical (unpaired) electrons. The van der Waals surface area contributed by atoms with Crippen LogP contribution >= 0.6 is 0 Å². The van der Waals surface area contributed by atoms with Crippen LogP contribution in [0.25, 0.3) is 0 Å². The summed E-state index contributed by atoms with van der Waals surface area (Å²) >= 11 is 0. The van der Waals surface area contributed by atoms with Crippen molar-refractivity contribution in [2.45, 2.75) is 19.4 Å². The number of anilines is 1. The van der Waals surface area contributed by atoms with Crippen LogP contribution in [0.2, 0.25) is 0 Å². The molecule has 0 bridgehead atoms. The number of carbonyl (C=O) groups excluding carboxylic acids is 2. The smallest absolute Gasteiger partial charge is 0.329 e. The Labute approximate surface area is 151 Å². The normalized spacial score (nSPS) is 17.2. The van der Waals surface area contributed by atoms with Crippen molar-refractivity contribution in [3.8, 4) is 0 Å². The highest BCUT2D eigenvalue weighted by atomic mass is 16.5. The summed E-state index contributed by atoms with van der Waals surface area (Å²) in [7, 11) is 0. The highest BCUT2D eigenvalue weighted by molar-refractivity contribution is 5.99. The van der Waals surface area contributed by atoms with Gasteiger partial charge in [-0.25, -0.2) is 4.79 Å². The van der Waals surface area contributed by atoms with Crippen LogP contribution in [0, 0.1) is 0 Å². The zero-order chi connectivity index (χ0) is 18.6. The Kier molecular flexibility index (Phi) is 5.02. The topological polar surface area (TPSA) is 74.2 Å². The molecule has 1 fully saturated rings. The van der Waals surface area contributed by atoms with Gasteiger partial charge in [0.25, 0.3) is 0 Å². The van der Waals surface area contributed by atoms with Gasteiger partial charge in [0.1, 0.15) is 19.0 Å². The maximum atomic E-state index is 13.0. The minimum absolute atomic E-state index is 0.0389. The molecule has 134 valence electrons. The largest absolute Gasteiger partial charge is 0.340 e. The zero-order valence-electron chi connectivity index (χ0n) is 14.7. The van der Waals surface area contributed by atoms with Gasteiger partial charge in [-0.3, -0.25) is 19.6 Å². The van der Waals surface area contributed by atoms with Crippen molar-refractivity contribution in [1.82, 2.24) is 10.2 Å². The van der Waals surface area contributed by atoms with Crippen LogP contribution in [-0.2, 0) is 9.53 Å². The van der Waals surface area contributed by atoms with Crippen molar-refractivity contribution >= 4 is 23.8 Å². The minimum Gasteiger partial charge on any atom is -0.340 e. The van der Waals surface area contributed by atoms with E-state index in [2.05, 4.69) is 16.0 Å². The predicted molar refractivity (Wildman–Crippen MR) is 98.4 cm³/mol. The number of hydrogen-bond donors (Lipinski definition) is 1. The Morgan fingerprint density at radius 1 is 1.27 bits per heavy atom. The molecule has 1 aromatic carbocycles. The van der Waals surface area contributed by atoms with Crippen molar-refractivity contribution < 1.29 is 14.3 Å². The number of urea groups is 1. The lowest BCUT2D eigenvalue weighted by Crippen LogP contribution is -2.63. The molecule has 3 rings (SSSR count). The summed E-state index contributed by atoms with van der Waals surface area (Å²) in [5, 5.41) is 2.79. The Morgan fingerprint density at radius 3 is 2.81 bits per heavy atom. The molecule has 0 atom stereocenters. The van der Waals surface area contributed by atoms with Crippen LogP contribution in [0.5, 0.6) is 0 Å². The average Bonchev–Trinajstić information content (AvgIpc) is 2.91. The van der Waals surface area contributed by atoms with E-state index in [0.717, 1.165) is 0 Å². The molecule has 7 heteroatoms. The molecule has 7 nitrogen and oxygen atoms in total. The fraction of sp³-hybridized carbons (Fsp3) is 0.263. The molecular weight excluding hydrogens is 332 g/mol. The Balaban J connectivity index is 1.77. The lowest BCUT2D eigenvalue weighted by atomic mass is 10.0. The maximum Gasteiger partial charge on any atom is 0.329 e. The number of ether oxygens (including phenoxy) is 1. The van der Waals surface area contributed by atoms with Crippen molar-refractivity contribution in [2.24, 2.45) is 4.99 Å². The average molecular weight is 352 g/mol. The summed E-state index contributed by atoms with van der Waals surface area (Å²) in [6.07, 6.45) is 6.36. The highest BCUT2D eigenvalue weighted by Gasteiger charge is 2.42. The predicted octanol–water partition coefficient (Wildman–Crippen LogP) is 2.39. The molecule has 0 saturated carbocycles. The van der Waals surface area contributed by atoms with Gasteiger partial charge in [-0.2, -0.15) is 0 Å². The van der Waals surface area contributed by atoms with Gasteiger partial charge in [-0.1, -0.05) is 18.2 Å². The van der Waals surface area contributed by atoms with Gasteiger partial charge in [-0.15, -0.1) is 5.73 Å². The van der Waals surface area contributed by atoms with Crippen molar-refractivity contribution in [3.05, 3.63) is 60.1 Å². The maximum absolute atomic E-state index is 13.0. The van der Waals surface area contributed by atoms with Gasteiger partial charge >= 0.3 is 6.03 Å². The third kappa shape index (κ3) is 3.59. The van der Waals surface area contributed by atoms with E-state index in [4.69, 9.17) is 4.74 Å². The fourth-order valence-corrected chi connectivity index (χ4v) is 2.54. The van der Waals surface area contributed by atoms with Crippen molar-refractivity contribution in [2.75, 3.05) is 18.4 Å². The molecular formula is C19H20N4O3. The number of nitrogens with one attached hydrogen (secondary N) is 1. The SMILES string of the molecule is CC(C)(C(=O)NC1=CC=C=CN=C1)N1COCN(c2ccccc2)C1=O. The number of allylic oxidation sites excluding steroid dienone is 3. The van der Waals surface area contributed by atoms with E-state index in [-0.39, 0.29) is 25.4 Å². The summed E-state index contributed by atoms with van der Waals surface area (Å²) in [5.74, 6) is -0.336. The van der Waals surface area contributed by atoms with Gasteiger partial charge < -0.3 is 10.1 Å². The fourth-order valence-electron chi connectivity index (χ4n) is 2.54. The second-order valence-electron chi connectivity index (χ2n) is 6.31. The molecule has 0 aliphatic carbocycles. The van der Waals surface area contributed by atoms with E-state index in [1.165, 1.54) is 22.2 Å². The van der Waals surface area contributed by atoms with E-state index in [1.807, 2.05) is 30.3 Å². The summed E-state index contributed by atoms with van der Waals surface area (Å²) in [4.78, 5) is 32.6. The standard InChI is InChI=1S/C19H20N4O3/c1-19(2,17(24)21-15-8-6-7-11-20-12-15)23-14-26-13-22(18(23)25)16-9-4-3-5-10-16/h3-6,8-12H,13-14H2,1-2H3,(H,21,24). The van der Waals surface area contributed by atoms with E-state index < -0.39 is 5.54 Å². The third-order valence-corrected chi connectivity index (χ3v) is 4.18. The Bertz CT molecular complexity index is 820. The van der Waals surface area contributed by atoms with Gasteiger partial charge in [0, 0.05) is 5.69 Å². The van der Waals surface area contributed by atoms with E-state index in [9.17, 15) is 9.59 Å². The number of carbonyl (C=O) groups is 2. The zero-order valence-corrected chi connectivity index (χ0v) is 14.7. The molecule has 3 amide bonds. The number of hydrogen-bond acceptors (Lipinski definition) is 4. The molecule has 0 spiro atoms. The molecule has 1 aromatic rings. The molecule has 2 aliphatic rings. The lowest BCUT2D eigenvalue weighted by molar-refractivity contribution is -0.133. The molecule has 2 aliphatic heterocycles. The number of rotatable bonds is 4. The third-order valence-electron chi connectivity index (χ3n) is 4.18. The molecule has 1 saturated heterocycles. The lowest BCUT2D eigenvalue weighted by Gasteiger charge is -2.43. The van der Waals surface area contributed by atoms with Crippen LogP contribution in [0.4, 0.5) is 10.5 Å².